The van der Waals surface area contributed by atoms with Crippen molar-refractivity contribution in [3.8, 4) is 0 Å². The van der Waals surface area contributed by atoms with Crippen molar-refractivity contribution < 1.29 is 0 Å². The van der Waals surface area contributed by atoms with Crippen LogP contribution >= 0.6 is 0 Å². The van der Waals surface area contributed by atoms with E-state index in [1.807, 2.05) is 20.0 Å². The maximum atomic E-state index is 4.24. The molecule has 0 saturated heterocycles. The van der Waals surface area contributed by atoms with Crippen LogP contribution in [0.2, 0.25) is 0 Å². The van der Waals surface area contributed by atoms with Gasteiger partial charge in [-0.25, -0.2) is 0 Å². The Balaban J connectivity index is 4.74. The lowest BCUT2D eigenvalue weighted by molar-refractivity contribution is 0.593. The van der Waals surface area contributed by atoms with Crippen molar-refractivity contribution in [3.63, 3.8) is 0 Å². The smallest absolute Gasteiger partial charge is 0.0400 e. The standard InChI is InChI=1S/C11H19N/c1-7-9(2)8-10(12-6)11(3,4)5/h7-8H,1H2,2-6H3/b9-8-,12-10+. The molecular weight excluding hydrogens is 146 g/mol. The van der Waals surface area contributed by atoms with Crippen molar-refractivity contribution in [3.05, 3.63) is 24.3 Å². The van der Waals surface area contributed by atoms with Crippen molar-refractivity contribution >= 4 is 5.71 Å². The van der Waals surface area contributed by atoms with Crippen LogP contribution in [0.3, 0.4) is 0 Å². The molecule has 0 N–H and O–H groups in total. The minimum atomic E-state index is 0.124. The maximum absolute atomic E-state index is 4.24. The van der Waals surface area contributed by atoms with Crippen LogP contribution in [0.15, 0.2) is 29.3 Å². The fraction of sp³-hybridized carbons (Fsp3) is 0.545. The normalized spacial score (nSPS) is 14.8. The molecular formula is C11H19N. The van der Waals surface area contributed by atoms with Crippen LogP contribution in [-0.2, 0) is 0 Å². The lowest BCUT2D eigenvalue weighted by Crippen LogP contribution is -2.18. The zero-order valence-corrected chi connectivity index (χ0v) is 8.81. The summed E-state index contributed by atoms with van der Waals surface area (Å²) in [4.78, 5) is 4.24. The first-order valence-electron chi connectivity index (χ1n) is 4.20. The van der Waals surface area contributed by atoms with Crippen LogP contribution in [0.1, 0.15) is 27.7 Å². The van der Waals surface area contributed by atoms with Gasteiger partial charge in [0.1, 0.15) is 0 Å². The van der Waals surface area contributed by atoms with Gasteiger partial charge < -0.3 is 0 Å². The third-order valence-electron chi connectivity index (χ3n) is 1.70. The summed E-state index contributed by atoms with van der Waals surface area (Å²) in [6.45, 7) is 12.2. The second-order valence-electron chi connectivity index (χ2n) is 3.95. The first kappa shape index (κ1) is 11.2. The van der Waals surface area contributed by atoms with E-state index in [0.717, 1.165) is 11.3 Å². The van der Waals surface area contributed by atoms with Crippen LogP contribution in [0.4, 0.5) is 0 Å². The van der Waals surface area contributed by atoms with E-state index in [1.165, 1.54) is 0 Å². The van der Waals surface area contributed by atoms with Crippen molar-refractivity contribution in [2.45, 2.75) is 27.7 Å². The third kappa shape index (κ3) is 3.51. The van der Waals surface area contributed by atoms with Crippen molar-refractivity contribution in [2.75, 3.05) is 7.05 Å². The Kier molecular flexibility index (Phi) is 3.94. The fourth-order valence-corrected chi connectivity index (χ4v) is 0.891. The Morgan fingerprint density at radius 2 is 1.83 bits per heavy atom. The van der Waals surface area contributed by atoms with E-state index < -0.39 is 0 Å². The predicted molar refractivity (Wildman–Crippen MR) is 56.8 cm³/mol. The molecule has 1 nitrogen and oxygen atoms in total. The van der Waals surface area contributed by atoms with E-state index in [9.17, 15) is 0 Å². The van der Waals surface area contributed by atoms with Gasteiger partial charge in [0, 0.05) is 18.2 Å². The SMILES string of the molecule is C=C/C(C)=C\C(=N/C)C(C)(C)C. The quantitative estimate of drug-likeness (QED) is 0.440. The van der Waals surface area contributed by atoms with Crippen molar-refractivity contribution in [2.24, 2.45) is 10.4 Å². The monoisotopic (exact) mass is 165 g/mol. The van der Waals surface area contributed by atoms with Gasteiger partial charge in [0.25, 0.3) is 0 Å². The summed E-state index contributed by atoms with van der Waals surface area (Å²) in [5, 5.41) is 0. The molecule has 0 heterocycles. The summed E-state index contributed by atoms with van der Waals surface area (Å²) in [5.41, 5.74) is 2.39. The average molecular weight is 165 g/mol. The summed E-state index contributed by atoms with van der Waals surface area (Å²) >= 11 is 0. The number of hydrogen-bond acceptors (Lipinski definition) is 1. The molecule has 0 rings (SSSR count). The molecule has 1 heteroatoms. The first-order valence-corrected chi connectivity index (χ1v) is 4.20. The van der Waals surface area contributed by atoms with Gasteiger partial charge in [-0.3, -0.25) is 4.99 Å². The van der Waals surface area contributed by atoms with Gasteiger partial charge >= 0.3 is 0 Å². The summed E-state index contributed by atoms with van der Waals surface area (Å²) in [5.74, 6) is 0. The second kappa shape index (κ2) is 4.24. The Morgan fingerprint density at radius 3 is 2.08 bits per heavy atom. The maximum Gasteiger partial charge on any atom is 0.0400 e. The minimum absolute atomic E-state index is 0.124. The van der Waals surface area contributed by atoms with Gasteiger partial charge in [0.2, 0.25) is 0 Å². The molecule has 0 atom stereocenters. The van der Waals surface area contributed by atoms with E-state index >= 15 is 0 Å². The Hall–Kier alpha value is -0.850. The molecule has 68 valence electrons. The number of hydrogen-bond donors (Lipinski definition) is 0. The van der Waals surface area contributed by atoms with Gasteiger partial charge in [-0.15, -0.1) is 0 Å². The molecule has 0 unspecified atom stereocenters. The van der Waals surface area contributed by atoms with Crippen LogP contribution in [0.5, 0.6) is 0 Å². The highest BCUT2D eigenvalue weighted by Crippen LogP contribution is 2.17. The fourth-order valence-electron chi connectivity index (χ4n) is 0.891. The van der Waals surface area contributed by atoms with Gasteiger partial charge in [0.05, 0.1) is 0 Å². The number of nitrogens with zero attached hydrogens (tertiary/aromatic N) is 1. The molecule has 0 aliphatic heterocycles. The van der Waals surface area contributed by atoms with E-state index in [0.29, 0.717) is 0 Å². The Labute approximate surface area is 75.9 Å². The predicted octanol–water partition coefficient (Wildman–Crippen LogP) is 3.24. The van der Waals surface area contributed by atoms with Gasteiger partial charge in [-0.05, 0) is 18.6 Å². The molecule has 0 aromatic rings. The highest BCUT2D eigenvalue weighted by Gasteiger charge is 2.15. The van der Waals surface area contributed by atoms with Crippen molar-refractivity contribution in [1.29, 1.82) is 0 Å². The van der Waals surface area contributed by atoms with Crippen LogP contribution < -0.4 is 0 Å². The largest absolute Gasteiger partial charge is 0.293 e. The molecule has 0 spiro atoms. The lowest BCUT2D eigenvalue weighted by atomic mass is 9.89. The zero-order valence-electron chi connectivity index (χ0n) is 8.81. The average Bonchev–Trinajstić information content (AvgIpc) is 1.97. The van der Waals surface area contributed by atoms with Gasteiger partial charge in [-0.2, -0.15) is 0 Å². The summed E-state index contributed by atoms with van der Waals surface area (Å²) in [6, 6.07) is 0. The van der Waals surface area contributed by atoms with Crippen LogP contribution in [0, 0.1) is 5.41 Å². The Morgan fingerprint density at radius 1 is 1.33 bits per heavy atom. The van der Waals surface area contributed by atoms with E-state index in [-0.39, 0.29) is 5.41 Å². The van der Waals surface area contributed by atoms with Gasteiger partial charge in [-0.1, -0.05) is 33.4 Å². The zero-order chi connectivity index (χ0) is 9.78. The molecule has 0 fully saturated rings. The topological polar surface area (TPSA) is 12.4 Å². The summed E-state index contributed by atoms with van der Waals surface area (Å²) in [6.07, 6.45) is 3.92. The van der Waals surface area contributed by atoms with Crippen LogP contribution in [0.25, 0.3) is 0 Å². The van der Waals surface area contributed by atoms with Crippen LogP contribution in [-0.4, -0.2) is 12.8 Å². The molecule has 0 saturated carbocycles. The molecule has 0 amide bonds. The van der Waals surface area contributed by atoms with Crippen molar-refractivity contribution in [1.82, 2.24) is 0 Å². The highest BCUT2D eigenvalue weighted by atomic mass is 14.7. The Bertz CT molecular complexity index is 214. The summed E-state index contributed by atoms with van der Waals surface area (Å²) in [7, 11) is 1.83. The van der Waals surface area contributed by atoms with E-state index in [2.05, 4.69) is 38.4 Å². The minimum Gasteiger partial charge on any atom is -0.293 e. The first-order chi connectivity index (χ1) is 5.41. The number of rotatable bonds is 2. The lowest BCUT2D eigenvalue weighted by Gasteiger charge is -2.18. The molecule has 0 aromatic heterocycles. The molecule has 0 radical (unpaired) electrons. The molecule has 0 aliphatic carbocycles. The third-order valence-corrected chi connectivity index (χ3v) is 1.70. The summed E-state index contributed by atoms with van der Waals surface area (Å²) < 4.78 is 0. The highest BCUT2D eigenvalue weighted by molar-refractivity contribution is 5.99. The number of allylic oxidation sites excluding steroid dienone is 3. The van der Waals surface area contributed by atoms with E-state index in [1.54, 1.807) is 0 Å². The second-order valence-corrected chi connectivity index (χ2v) is 3.95. The van der Waals surface area contributed by atoms with E-state index in [4.69, 9.17) is 0 Å². The molecule has 0 aromatic carbocycles. The molecule has 0 bridgehead atoms. The number of aliphatic imine (C=N–C) groups is 1. The molecule has 12 heavy (non-hydrogen) atoms. The molecule has 0 aliphatic rings. The van der Waals surface area contributed by atoms with Gasteiger partial charge in [0.15, 0.2) is 0 Å².